The first-order valence-corrected chi connectivity index (χ1v) is 45.7. The minimum absolute atomic E-state index is 0.875. The smallest absolute Gasteiger partial charge is 0.217 e. The molecule has 0 spiro atoms. The molecule has 0 aromatic heterocycles. The number of carbonyl (C=O) groups excluding carboxylic acids is 4. The summed E-state index contributed by atoms with van der Waals surface area (Å²) in [4.78, 5) is 53.3. The third-order valence-electron chi connectivity index (χ3n) is 26.6. The summed E-state index contributed by atoms with van der Waals surface area (Å²) in [5.41, 5.74) is 0. The molecule has 0 bridgehead atoms. The number of aliphatic hydroxyl groups excluding tert-OH is 31. The summed E-state index contributed by atoms with van der Waals surface area (Å²) >= 11 is 0. The average molecular weight is 2080 g/mol. The second kappa shape index (κ2) is 50.3. The Balaban J connectivity index is 0.917. The highest BCUT2D eigenvalue weighted by Crippen LogP contribution is 2.43. The fraction of sp³-hybridized carbons (Fsp3) is 0.950. The molecule has 12 heterocycles. The molecule has 822 valence electrons. The summed E-state index contributed by atoms with van der Waals surface area (Å²) in [7, 11) is 0. The van der Waals surface area contributed by atoms with Crippen molar-refractivity contribution in [2.24, 2.45) is 0 Å². The molecule has 12 saturated heterocycles. The third kappa shape index (κ3) is 25.4. The van der Waals surface area contributed by atoms with Gasteiger partial charge >= 0.3 is 0 Å². The van der Waals surface area contributed by atoms with Gasteiger partial charge in [0.1, 0.15) is 274 Å². The number of ether oxygens (including phenoxy) is 23. The maximum atomic E-state index is 13.7. The van der Waals surface area contributed by atoms with Crippen molar-refractivity contribution in [2.75, 3.05) is 59.5 Å². The van der Waals surface area contributed by atoms with Crippen molar-refractivity contribution in [1.82, 2.24) is 21.3 Å². The van der Waals surface area contributed by atoms with Gasteiger partial charge in [-0.3, -0.25) is 19.2 Å². The zero-order valence-electron chi connectivity index (χ0n) is 76.9. The van der Waals surface area contributed by atoms with Gasteiger partial charge in [-0.2, -0.15) is 0 Å². The Kier molecular flexibility index (Phi) is 41.2. The van der Waals surface area contributed by atoms with Crippen molar-refractivity contribution < 1.29 is 286 Å². The summed E-state index contributed by atoms with van der Waals surface area (Å²) in [6.07, 6.45) is -119. The Morgan fingerprint density at radius 1 is 0.197 bits per heavy atom. The normalized spacial score (nSPS) is 50.9. The first kappa shape index (κ1) is 116. The number of amides is 4. The van der Waals surface area contributed by atoms with Crippen LogP contribution < -0.4 is 21.3 Å². The molecular formula is C80H134N4O58. The third-order valence-corrected chi connectivity index (χ3v) is 26.6. The lowest BCUT2D eigenvalue weighted by atomic mass is 9.93. The number of aliphatic hydroxyl groups is 31. The van der Waals surface area contributed by atoms with E-state index < -0.39 is 451 Å². The van der Waals surface area contributed by atoms with Gasteiger partial charge in [-0.15, -0.1) is 0 Å². The molecule has 0 saturated carbocycles. The average Bonchev–Trinajstić information content (AvgIpc) is 0.753. The lowest BCUT2D eigenvalue weighted by Gasteiger charge is -2.52. The molecule has 12 aliphatic heterocycles. The van der Waals surface area contributed by atoms with Gasteiger partial charge < -0.3 is 289 Å². The van der Waals surface area contributed by atoms with Gasteiger partial charge in [-0.25, -0.2) is 0 Å². The number of rotatable bonds is 35. The van der Waals surface area contributed by atoms with Crippen molar-refractivity contribution in [2.45, 2.75) is 417 Å². The summed E-state index contributed by atoms with van der Waals surface area (Å²) in [5.74, 6) is -4.02. The van der Waals surface area contributed by atoms with Crippen molar-refractivity contribution in [3.63, 3.8) is 0 Å². The molecule has 0 aromatic rings. The van der Waals surface area contributed by atoms with Crippen LogP contribution in [-0.4, -0.2) is 610 Å². The lowest BCUT2D eigenvalue weighted by Crippen LogP contribution is -2.71. The summed E-state index contributed by atoms with van der Waals surface area (Å²) in [5, 5.41) is 360. The number of nitrogens with one attached hydrogen (secondary N) is 4. The Morgan fingerprint density at radius 2 is 0.451 bits per heavy atom. The van der Waals surface area contributed by atoms with E-state index in [1.54, 1.807) is 0 Å². The molecule has 4 amide bonds. The van der Waals surface area contributed by atoms with E-state index in [0.717, 1.165) is 27.7 Å². The summed E-state index contributed by atoms with van der Waals surface area (Å²) in [6.45, 7) is -3.33. The van der Waals surface area contributed by atoms with Crippen LogP contribution in [0.3, 0.4) is 0 Å². The molecule has 0 aliphatic carbocycles. The highest BCUT2D eigenvalue weighted by molar-refractivity contribution is 5.74. The van der Waals surface area contributed by atoms with Crippen molar-refractivity contribution in [1.29, 1.82) is 0 Å². The predicted octanol–water partition coefficient (Wildman–Crippen LogP) is -23.5. The summed E-state index contributed by atoms with van der Waals surface area (Å²) < 4.78 is 140. The van der Waals surface area contributed by atoms with E-state index in [9.17, 15) is 177 Å². The van der Waals surface area contributed by atoms with Crippen molar-refractivity contribution >= 4 is 23.6 Å². The number of carbonyl (C=O) groups is 4. The largest absolute Gasteiger partial charge is 0.394 e. The van der Waals surface area contributed by atoms with Crippen LogP contribution in [0.2, 0.25) is 0 Å². The van der Waals surface area contributed by atoms with Crippen molar-refractivity contribution in [3.05, 3.63) is 0 Å². The number of hydrogen-bond donors (Lipinski definition) is 35. The minimum Gasteiger partial charge on any atom is -0.394 e. The zero-order valence-corrected chi connectivity index (χ0v) is 76.9. The van der Waals surface area contributed by atoms with Crippen LogP contribution in [0.15, 0.2) is 0 Å². The maximum absolute atomic E-state index is 13.7. The molecular weight excluding hydrogens is 1940 g/mol. The van der Waals surface area contributed by atoms with E-state index in [-0.39, 0.29) is 0 Å². The summed E-state index contributed by atoms with van der Waals surface area (Å²) in [6, 6.07) is -8.10. The van der Waals surface area contributed by atoms with Gasteiger partial charge in [-0.1, -0.05) is 0 Å². The Morgan fingerprint density at radius 3 is 0.859 bits per heavy atom. The van der Waals surface area contributed by atoms with Gasteiger partial charge in [0.2, 0.25) is 23.6 Å². The van der Waals surface area contributed by atoms with Gasteiger partial charge in [-0.05, 0) is 20.8 Å². The van der Waals surface area contributed by atoms with Crippen LogP contribution in [0.25, 0.3) is 0 Å². The Labute approximate surface area is 805 Å². The highest BCUT2D eigenvalue weighted by atomic mass is 16.8. The Hall–Kier alpha value is -4.28. The second-order valence-corrected chi connectivity index (χ2v) is 36.6. The van der Waals surface area contributed by atoms with Crippen LogP contribution in [0.1, 0.15) is 48.5 Å². The minimum atomic E-state index is -2.74. The molecule has 35 N–H and O–H groups in total. The molecule has 12 aliphatic rings. The molecule has 12 rings (SSSR count). The molecule has 62 heteroatoms. The standard InChI is InChI=1S/C80H134N4O58/c1-17-37(96)47(106)54(113)73(122-17)120-16-32-61(45(104)33(69(119)125-32)81-20(4)92)134-70-34(82-21(5)93)46(105)60(28(12-89)130-70)135-78-59(118)66(140-80-68(53(112)43(102)27(11-88)129-80)142-72-36(84-23(7)95)65(139-75-56(115)49(108)39(98)19(3)124-75)63(30(14-91)132-72)137-77-58(117)51(110)41(100)25(9-86)127-77)44(103)31(133-78)15-121-79-67(52(111)42(101)26(10-87)128-79)141-71-35(83-22(6)94)64(138-74-55(114)48(107)38(97)18(2)123-74)62(29(13-90)131-71)136-76-57(116)50(109)40(99)24(8-85)126-76/h17-19,24-80,85-91,96-119H,8-16H2,1-7H3,(H,81,92)(H,82,93)(H,83,94)(H,84,95)/t17-,18-,19-,24-,25-,26-,27-,28-,29-,30-,31-,32-,33-,34-,35-,36+,37+,38+,39+,40+,41+,42-,43-,44-,45-,46-,47+,48+,49+,50+,51+,52+,53+,54-,55-,56-,57-,58-,59+,60-,61-,62-,63-,64-,65-,66+,67+,68+,69+,70+,71+,72+,73+,74-,75-,76+,77+,78+,79+,80-/m1/s1. The fourth-order valence-electron chi connectivity index (χ4n) is 18.6. The van der Waals surface area contributed by atoms with E-state index in [1.807, 2.05) is 0 Å². The van der Waals surface area contributed by atoms with Crippen LogP contribution in [0, 0.1) is 0 Å². The Bertz CT molecular complexity index is 3940. The topological polar surface area (TPSA) is 956 Å². The van der Waals surface area contributed by atoms with E-state index in [0.29, 0.717) is 0 Å². The fourth-order valence-corrected chi connectivity index (χ4v) is 18.6. The van der Waals surface area contributed by atoms with Gasteiger partial charge in [0, 0.05) is 27.7 Å². The van der Waals surface area contributed by atoms with E-state index >= 15 is 0 Å². The molecule has 0 radical (unpaired) electrons. The van der Waals surface area contributed by atoms with Gasteiger partial charge in [0.05, 0.1) is 77.8 Å². The van der Waals surface area contributed by atoms with E-state index in [4.69, 9.17) is 109 Å². The molecule has 0 unspecified atom stereocenters. The molecule has 0 aromatic carbocycles. The maximum Gasteiger partial charge on any atom is 0.217 e. The van der Waals surface area contributed by atoms with Crippen LogP contribution >= 0.6 is 0 Å². The molecule has 60 atom stereocenters. The second-order valence-electron chi connectivity index (χ2n) is 36.6. The predicted molar refractivity (Wildman–Crippen MR) is 437 cm³/mol. The van der Waals surface area contributed by atoms with Gasteiger partial charge in [0.25, 0.3) is 0 Å². The van der Waals surface area contributed by atoms with Crippen LogP contribution in [0.5, 0.6) is 0 Å². The zero-order chi connectivity index (χ0) is 104. The lowest BCUT2D eigenvalue weighted by molar-refractivity contribution is -0.404. The first-order chi connectivity index (χ1) is 67.1. The number of hydrogen-bond acceptors (Lipinski definition) is 58. The van der Waals surface area contributed by atoms with E-state index in [1.165, 1.54) is 20.8 Å². The molecule has 12 fully saturated rings. The molecule has 142 heavy (non-hydrogen) atoms. The molecule has 62 nitrogen and oxygen atoms in total. The highest BCUT2D eigenvalue weighted by Gasteiger charge is 2.64. The van der Waals surface area contributed by atoms with Crippen LogP contribution in [0.4, 0.5) is 0 Å². The van der Waals surface area contributed by atoms with Crippen LogP contribution in [-0.2, 0) is 128 Å². The van der Waals surface area contributed by atoms with E-state index in [2.05, 4.69) is 21.3 Å². The quantitative estimate of drug-likeness (QED) is 0.0280. The van der Waals surface area contributed by atoms with Gasteiger partial charge in [0.15, 0.2) is 75.5 Å². The van der Waals surface area contributed by atoms with Crippen molar-refractivity contribution in [3.8, 4) is 0 Å². The monoisotopic (exact) mass is 2080 g/mol. The SMILES string of the molecule is CC(=O)N[C@@H]1[C@H](O[C@@H]2[C@@H](O[C@@H]3[C@H](O)[C@H](O[C@H]4[C@H](O)[C@@H](NC(C)=O)[C@H](O[C@H]5[C@H](O)[C@@H](NC(C)=O)[C@@H](O)O[C@@H]5CO[C@H]5O[C@H](C)[C@H](O)[C@H](O)[C@H]5O)O[C@@H]4CO)O[C@H](CO[C@H]4O[C@H](CO)[C@@H](O)[C@H](O)[C@@H]4O[C@@H]4O[C@H](CO)[C@@H](O[C@@H]5O[C@H](CO)[C@H](O)[C@H](O)[C@H]5O)[C@H](O[C@H]5O[C@H](C)[C@H](O)[C@H](O)[C@H]5O)[C@H]4NC(C)=O)[C@H]3O)O[C@H](CO)[C@@H](O)[C@@H]2O)O[C@H](CO)[C@@H](O[C@@H]2O[C@H](CO)[C@H](O)[C@H](O)[C@H]2O)[C@@H]1O[C@H]1O[C@H](C)[C@H](O)[C@H](O)[C@H]1O. The first-order valence-electron chi connectivity index (χ1n) is 45.7.